The predicted octanol–water partition coefficient (Wildman–Crippen LogP) is 5.24. The van der Waals surface area contributed by atoms with Crippen molar-refractivity contribution in [3.63, 3.8) is 0 Å². The van der Waals surface area contributed by atoms with Gasteiger partial charge in [-0.25, -0.2) is 0 Å². The van der Waals surface area contributed by atoms with Gasteiger partial charge in [0.15, 0.2) is 5.76 Å². The summed E-state index contributed by atoms with van der Waals surface area (Å²) in [4.78, 5) is 12.9. The molecule has 0 fully saturated rings. The minimum absolute atomic E-state index is 0.0730. The average Bonchev–Trinajstić information content (AvgIpc) is 3.42. The van der Waals surface area contributed by atoms with Crippen molar-refractivity contribution in [1.82, 2.24) is 0 Å². The molecule has 0 radical (unpaired) electrons. The molecular weight excluding hydrogens is 450 g/mol. The number of aliphatic hydroxyl groups is 1. The van der Waals surface area contributed by atoms with E-state index in [2.05, 4.69) is 31.3 Å². The summed E-state index contributed by atoms with van der Waals surface area (Å²) in [7, 11) is 2.94. The van der Waals surface area contributed by atoms with Crippen LogP contribution in [-0.2, 0) is 11.8 Å². The molecule has 4 rings (SSSR count). The Balaban J connectivity index is 1.53. The van der Waals surface area contributed by atoms with Gasteiger partial charge in [0.25, 0.3) is 11.9 Å². The van der Waals surface area contributed by atoms with Crippen LogP contribution < -0.4 is 24.3 Å². The van der Waals surface area contributed by atoms with Gasteiger partial charge in [-0.05, 0) is 54.0 Å². The Labute approximate surface area is 204 Å². The summed E-state index contributed by atoms with van der Waals surface area (Å²) in [5.74, 6) is 1.63. The minimum Gasteiger partial charge on any atom is -0.494 e. The van der Waals surface area contributed by atoms with Crippen LogP contribution in [0.2, 0.25) is 0 Å². The van der Waals surface area contributed by atoms with Crippen molar-refractivity contribution in [2.24, 2.45) is 0 Å². The first-order valence-electron chi connectivity index (χ1n) is 11.5. The number of fused-ring (bicyclic) bond motifs is 1. The van der Waals surface area contributed by atoms with E-state index in [-0.39, 0.29) is 30.3 Å². The lowest BCUT2D eigenvalue weighted by atomic mass is 9.86. The number of aryl methyl sites for hydroxylation is 2. The van der Waals surface area contributed by atoms with Crippen LogP contribution in [0, 0.1) is 6.92 Å². The predicted molar refractivity (Wildman–Crippen MR) is 131 cm³/mol. The molecule has 2 aromatic carbocycles. The fraction of sp³-hybridized carbons (Fsp3) is 0.370. The van der Waals surface area contributed by atoms with Gasteiger partial charge in [-0.2, -0.15) is 0 Å². The molecule has 0 saturated carbocycles. The van der Waals surface area contributed by atoms with Gasteiger partial charge in [0.05, 0.1) is 20.8 Å². The van der Waals surface area contributed by atoms with Crippen molar-refractivity contribution in [2.45, 2.75) is 39.0 Å². The molecule has 1 amide bonds. The van der Waals surface area contributed by atoms with Crippen LogP contribution in [0.1, 0.15) is 47.5 Å². The third kappa shape index (κ3) is 5.07. The molecule has 1 aliphatic carbocycles. The number of anilines is 1. The van der Waals surface area contributed by atoms with Crippen molar-refractivity contribution >= 4 is 11.6 Å². The molecular formula is C27H31NO7. The number of furan rings is 1. The Kier molecular flexibility index (Phi) is 6.93. The number of amides is 1. The summed E-state index contributed by atoms with van der Waals surface area (Å²) in [6.45, 7) is 6.47. The Bertz CT molecular complexity index is 1200. The zero-order valence-electron chi connectivity index (χ0n) is 20.7. The molecule has 0 atom stereocenters. The lowest BCUT2D eigenvalue weighted by molar-refractivity contribution is 0.0991. The second-order valence-electron chi connectivity index (χ2n) is 9.11. The number of carbonyl (C=O) groups excluding carboxylic acids is 1. The van der Waals surface area contributed by atoms with Gasteiger partial charge >= 0.3 is 0 Å². The van der Waals surface area contributed by atoms with E-state index >= 15 is 0 Å². The van der Waals surface area contributed by atoms with E-state index in [0.29, 0.717) is 28.7 Å². The topological polar surface area (TPSA) is 99.4 Å². The lowest BCUT2D eigenvalue weighted by Crippen LogP contribution is -2.13. The maximum Gasteiger partial charge on any atom is 0.291 e. The first-order chi connectivity index (χ1) is 16.7. The molecule has 1 aromatic heterocycles. The number of aliphatic hydroxyl groups excluding tert-OH is 1. The highest BCUT2D eigenvalue weighted by Crippen LogP contribution is 2.42. The Morgan fingerprint density at radius 2 is 1.80 bits per heavy atom. The van der Waals surface area contributed by atoms with E-state index in [1.807, 2.05) is 6.92 Å². The monoisotopic (exact) mass is 481 g/mol. The number of ether oxygens (including phenoxy) is 4. The van der Waals surface area contributed by atoms with E-state index < -0.39 is 5.91 Å². The third-order valence-electron chi connectivity index (χ3n) is 6.24. The summed E-state index contributed by atoms with van der Waals surface area (Å²) in [6.07, 6.45) is 2.17. The maximum absolute atomic E-state index is 12.9. The number of benzene rings is 2. The summed E-state index contributed by atoms with van der Waals surface area (Å²) in [6, 6.07) is 10.6. The smallest absolute Gasteiger partial charge is 0.291 e. The first-order valence-corrected chi connectivity index (χ1v) is 11.5. The highest BCUT2D eigenvalue weighted by Gasteiger charge is 2.31. The number of methoxy groups -OCH3 is 2. The van der Waals surface area contributed by atoms with Gasteiger partial charge in [0, 0.05) is 18.2 Å². The van der Waals surface area contributed by atoms with Crippen LogP contribution >= 0.6 is 0 Å². The molecule has 35 heavy (non-hydrogen) atoms. The van der Waals surface area contributed by atoms with Crippen molar-refractivity contribution in [2.75, 3.05) is 32.8 Å². The van der Waals surface area contributed by atoms with Crippen molar-refractivity contribution in [1.29, 1.82) is 0 Å². The molecule has 186 valence electrons. The maximum atomic E-state index is 12.9. The number of hydrogen-bond donors (Lipinski definition) is 2. The fourth-order valence-electron chi connectivity index (χ4n) is 4.31. The fourth-order valence-corrected chi connectivity index (χ4v) is 4.31. The molecule has 0 bridgehead atoms. The van der Waals surface area contributed by atoms with E-state index in [4.69, 9.17) is 28.5 Å². The van der Waals surface area contributed by atoms with Crippen LogP contribution in [0.25, 0.3) is 0 Å². The lowest BCUT2D eigenvalue weighted by Gasteiger charge is -2.20. The van der Waals surface area contributed by atoms with Crippen LogP contribution in [0.4, 0.5) is 5.69 Å². The van der Waals surface area contributed by atoms with Crippen LogP contribution in [-0.4, -0.2) is 38.4 Å². The van der Waals surface area contributed by atoms with Gasteiger partial charge < -0.3 is 33.8 Å². The first kappa shape index (κ1) is 24.5. The molecule has 0 saturated heterocycles. The molecule has 3 aromatic rings. The summed E-state index contributed by atoms with van der Waals surface area (Å²) in [5.41, 5.74) is 4.09. The highest BCUT2D eigenvalue weighted by molar-refractivity contribution is 6.04. The summed E-state index contributed by atoms with van der Waals surface area (Å²) >= 11 is 0. The van der Waals surface area contributed by atoms with Crippen LogP contribution in [0.3, 0.4) is 0 Å². The van der Waals surface area contributed by atoms with E-state index in [1.165, 1.54) is 25.3 Å². The molecule has 8 nitrogen and oxygen atoms in total. The largest absolute Gasteiger partial charge is 0.494 e. The van der Waals surface area contributed by atoms with Crippen LogP contribution in [0.15, 0.2) is 40.8 Å². The third-order valence-corrected chi connectivity index (χ3v) is 6.24. The Morgan fingerprint density at radius 1 is 1.09 bits per heavy atom. The SMILES string of the molecule is COc1cc(OCCO)cc(OC)c1NC(=O)c1ccc(Oc2cc3c(cc2C)CCC3(C)C)o1. The molecule has 0 aliphatic heterocycles. The van der Waals surface area contributed by atoms with E-state index in [1.54, 1.807) is 24.3 Å². The minimum atomic E-state index is -0.493. The second kappa shape index (κ2) is 9.92. The van der Waals surface area contributed by atoms with Crippen molar-refractivity contribution in [3.05, 3.63) is 58.8 Å². The standard InChI is InChI=1S/C27H31NO7/c1-16-12-17-8-9-27(2,3)19(17)15-21(16)35-24-7-6-20(34-24)26(30)28-25-22(31-4)13-18(33-11-10-29)14-23(25)32-5/h6-7,12-15,29H,8-11H2,1-5H3,(H,28,30). The molecule has 0 spiro atoms. The van der Waals surface area contributed by atoms with Crippen molar-refractivity contribution in [3.8, 4) is 28.9 Å². The normalized spacial score (nSPS) is 13.8. The van der Waals surface area contributed by atoms with Gasteiger partial charge in [0.2, 0.25) is 0 Å². The number of hydrogen-bond acceptors (Lipinski definition) is 7. The van der Waals surface area contributed by atoms with Gasteiger partial charge in [0.1, 0.15) is 35.3 Å². The van der Waals surface area contributed by atoms with E-state index in [0.717, 1.165) is 18.4 Å². The highest BCUT2D eigenvalue weighted by atomic mass is 16.6. The number of carbonyl (C=O) groups is 1. The molecule has 1 aliphatic rings. The number of rotatable bonds is 9. The van der Waals surface area contributed by atoms with E-state index in [9.17, 15) is 4.79 Å². The molecule has 0 unspecified atom stereocenters. The van der Waals surface area contributed by atoms with Gasteiger partial charge in [-0.3, -0.25) is 4.79 Å². The quantitative estimate of drug-likeness (QED) is 0.431. The Morgan fingerprint density at radius 3 is 2.46 bits per heavy atom. The molecule has 2 N–H and O–H groups in total. The van der Waals surface area contributed by atoms with Gasteiger partial charge in [-0.1, -0.05) is 19.9 Å². The Hall–Kier alpha value is -3.65. The summed E-state index contributed by atoms with van der Waals surface area (Å²) in [5, 5.41) is 11.8. The number of nitrogens with one attached hydrogen (secondary N) is 1. The zero-order chi connectivity index (χ0) is 25.2. The second-order valence-corrected chi connectivity index (χ2v) is 9.11. The molecule has 1 heterocycles. The van der Waals surface area contributed by atoms with Crippen molar-refractivity contribution < 1.29 is 33.3 Å². The summed E-state index contributed by atoms with van der Waals surface area (Å²) < 4.78 is 28.0. The van der Waals surface area contributed by atoms with Crippen LogP contribution in [0.5, 0.6) is 28.9 Å². The average molecular weight is 482 g/mol. The zero-order valence-corrected chi connectivity index (χ0v) is 20.7. The van der Waals surface area contributed by atoms with Gasteiger partial charge in [-0.15, -0.1) is 0 Å². The molecule has 8 heteroatoms.